The Labute approximate surface area is 59.8 Å². The molecular weight excluding hydrogens is 153 g/mol. The number of carbonyl (C=O) groups is 2. The zero-order valence-corrected chi connectivity index (χ0v) is 6.26. The first-order valence-corrected chi connectivity index (χ1v) is 4.24. The number of carboxylic acid groups (broad SMARTS) is 1. The van der Waals surface area contributed by atoms with Gasteiger partial charge in [-0.05, 0) is 6.16 Å². The Kier molecular flexibility index (Phi) is 2.22. The normalized spacial score (nSPS) is 28.0. The number of hydrogen-bond acceptors (Lipinski definition) is 2. The molecule has 1 amide bonds. The SMILES string of the molecule is O=C(O)C1PCCNC1=O. The van der Waals surface area contributed by atoms with Gasteiger partial charge in [-0.3, -0.25) is 9.59 Å². The lowest BCUT2D eigenvalue weighted by molar-refractivity contribution is -0.140. The van der Waals surface area contributed by atoms with E-state index in [1.165, 1.54) is 0 Å². The molecular formula is C5H8NO3P. The van der Waals surface area contributed by atoms with Crippen LogP contribution in [0.5, 0.6) is 0 Å². The Hall–Kier alpha value is -0.630. The molecule has 1 rings (SSSR count). The van der Waals surface area contributed by atoms with E-state index >= 15 is 0 Å². The monoisotopic (exact) mass is 161 g/mol. The van der Waals surface area contributed by atoms with Gasteiger partial charge >= 0.3 is 5.97 Å². The molecule has 2 N–H and O–H groups in total. The molecule has 1 aliphatic rings. The quantitative estimate of drug-likeness (QED) is 0.392. The van der Waals surface area contributed by atoms with E-state index in [1.807, 2.05) is 0 Å². The van der Waals surface area contributed by atoms with Gasteiger partial charge in [0.1, 0.15) is 0 Å². The molecule has 4 nitrogen and oxygen atoms in total. The van der Waals surface area contributed by atoms with Crippen LogP contribution in [-0.4, -0.2) is 35.3 Å². The topological polar surface area (TPSA) is 66.4 Å². The van der Waals surface area contributed by atoms with Crippen LogP contribution in [0.3, 0.4) is 0 Å². The number of rotatable bonds is 1. The van der Waals surface area contributed by atoms with Gasteiger partial charge in [-0.1, -0.05) is 8.58 Å². The van der Waals surface area contributed by atoms with Crippen molar-refractivity contribution in [2.24, 2.45) is 0 Å². The molecule has 5 heteroatoms. The summed E-state index contributed by atoms with van der Waals surface area (Å²) in [5.74, 6) is -1.34. The predicted octanol–water partition coefficient (Wildman–Crippen LogP) is -0.752. The van der Waals surface area contributed by atoms with Gasteiger partial charge in [0.25, 0.3) is 0 Å². The van der Waals surface area contributed by atoms with Crippen molar-refractivity contribution in [1.29, 1.82) is 0 Å². The van der Waals surface area contributed by atoms with E-state index in [2.05, 4.69) is 5.32 Å². The summed E-state index contributed by atoms with van der Waals surface area (Å²) in [5, 5.41) is 11.0. The highest BCUT2D eigenvalue weighted by atomic mass is 31.1. The van der Waals surface area contributed by atoms with Crippen molar-refractivity contribution < 1.29 is 14.7 Å². The largest absolute Gasteiger partial charge is 0.480 e. The summed E-state index contributed by atoms with van der Waals surface area (Å²) >= 11 is 0. The fourth-order valence-corrected chi connectivity index (χ4v) is 1.82. The molecule has 0 aromatic rings. The van der Waals surface area contributed by atoms with Gasteiger partial charge in [-0.15, -0.1) is 0 Å². The molecule has 2 atom stereocenters. The zero-order valence-electron chi connectivity index (χ0n) is 5.26. The lowest BCUT2D eigenvalue weighted by Gasteiger charge is -2.17. The maximum atomic E-state index is 10.8. The maximum absolute atomic E-state index is 10.8. The van der Waals surface area contributed by atoms with Crippen LogP contribution in [0.15, 0.2) is 0 Å². The van der Waals surface area contributed by atoms with Crippen LogP contribution in [0.4, 0.5) is 0 Å². The van der Waals surface area contributed by atoms with Crippen molar-refractivity contribution in [3.8, 4) is 0 Å². The van der Waals surface area contributed by atoms with Crippen molar-refractivity contribution in [2.75, 3.05) is 12.7 Å². The Morgan fingerprint density at radius 3 is 2.90 bits per heavy atom. The number of carbonyl (C=O) groups excluding carboxylic acids is 1. The molecule has 1 aliphatic heterocycles. The summed E-state index contributed by atoms with van der Waals surface area (Å²) in [6.45, 7) is 0.626. The van der Waals surface area contributed by atoms with E-state index in [4.69, 9.17) is 5.11 Å². The molecule has 1 fully saturated rings. The third kappa shape index (κ3) is 1.45. The standard InChI is InChI=1S/C5H8NO3P/c7-4-3(5(8)9)10-2-1-6-4/h3,10H,1-2H2,(H,6,7)(H,8,9). The molecule has 1 saturated heterocycles. The lowest BCUT2D eigenvalue weighted by Crippen LogP contribution is -2.42. The number of nitrogens with one attached hydrogen (secondary N) is 1. The first kappa shape index (κ1) is 7.48. The summed E-state index contributed by atoms with van der Waals surface area (Å²) in [7, 11) is 0.242. The minimum Gasteiger partial charge on any atom is -0.480 e. The first-order chi connectivity index (χ1) is 4.72. The fraction of sp³-hybridized carbons (Fsp3) is 0.600. The van der Waals surface area contributed by atoms with Crippen molar-refractivity contribution in [3.05, 3.63) is 0 Å². The van der Waals surface area contributed by atoms with Crippen LogP contribution in [0.1, 0.15) is 0 Å². The molecule has 56 valence electrons. The van der Waals surface area contributed by atoms with Crippen LogP contribution >= 0.6 is 8.58 Å². The minimum absolute atomic E-state index is 0.242. The smallest absolute Gasteiger partial charge is 0.320 e. The van der Waals surface area contributed by atoms with E-state index in [-0.39, 0.29) is 14.5 Å². The Morgan fingerprint density at radius 1 is 1.80 bits per heavy atom. The summed E-state index contributed by atoms with van der Waals surface area (Å²) in [6, 6.07) is 0. The molecule has 2 unspecified atom stereocenters. The van der Waals surface area contributed by atoms with Gasteiger partial charge < -0.3 is 10.4 Å². The summed E-state index contributed by atoms with van der Waals surface area (Å²) in [6.07, 6.45) is 0.794. The zero-order chi connectivity index (χ0) is 7.56. The summed E-state index contributed by atoms with van der Waals surface area (Å²) < 4.78 is 0. The Morgan fingerprint density at radius 2 is 2.50 bits per heavy atom. The first-order valence-electron chi connectivity index (χ1n) is 2.95. The minimum atomic E-state index is -1.00. The second-order valence-corrected chi connectivity index (χ2v) is 3.50. The summed E-state index contributed by atoms with van der Waals surface area (Å²) in [4.78, 5) is 21.1. The van der Waals surface area contributed by atoms with Gasteiger partial charge in [0, 0.05) is 6.54 Å². The number of amides is 1. The molecule has 0 spiro atoms. The highest BCUT2D eigenvalue weighted by molar-refractivity contribution is 7.41. The second-order valence-electron chi connectivity index (χ2n) is 2.02. The molecule has 0 aliphatic carbocycles. The van der Waals surface area contributed by atoms with Crippen molar-refractivity contribution in [3.63, 3.8) is 0 Å². The molecule has 0 saturated carbocycles. The molecule has 0 bridgehead atoms. The Bertz CT molecular complexity index is 170. The van der Waals surface area contributed by atoms with Gasteiger partial charge in [-0.25, -0.2) is 0 Å². The van der Waals surface area contributed by atoms with E-state index < -0.39 is 11.6 Å². The molecule has 1 heterocycles. The van der Waals surface area contributed by atoms with Crippen LogP contribution in [0.2, 0.25) is 0 Å². The van der Waals surface area contributed by atoms with E-state index in [0.29, 0.717) is 6.54 Å². The molecule has 0 radical (unpaired) electrons. The highest BCUT2D eigenvalue weighted by Crippen LogP contribution is 2.21. The Balaban J connectivity index is 2.56. The van der Waals surface area contributed by atoms with Crippen LogP contribution < -0.4 is 5.32 Å². The average molecular weight is 161 g/mol. The molecule has 10 heavy (non-hydrogen) atoms. The van der Waals surface area contributed by atoms with Crippen LogP contribution in [0, 0.1) is 0 Å². The number of hydrogen-bond donors (Lipinski definition) is 2. The number of aliphatic carboxylic acids is 1. The lowest BCUT2D eigenvalue weighted by atomic mass is 10.4. The van der Waals surface area contributed by atoms with Gasteiger partial charge in [0.05, 0.1) is 0 Å². The maximum Gasteiger partial charge on any atom is 0.320 e. The van der Waals surface area contributed by atoms with E-state index in [9.17, 15) is 9.59 Å². The third-order valence-corrected chi connectivity index (χ3v) is 2.74. The van der Waals surface area contributed by atoms with Crippen molar-refractivity contribution >= 4 is 20.5 Å². The van der Waals surface area contributed by atoms with Gasteiger partial charge in [0.15, 0.2) is 5.66 Å². The highest BCUT2D eigenvalue weighted by Gasteiger charge is 2.28. The van der Waals surface area contributed by atoms with Crippen molar-refractivity contribution in [2.45, 2.75) is 5.66 Å². The van der Waals surface area contributed by atoms with Gasteiger partial charge in [-0.2, -0.15) is 0 Å². The predicted molar refractivity (Wildman–Crippen MR) is 37.6 cm³/mol. The van der Waals surface area contributed by atoms with Crippen molar-refractivity contribution in [1.82, 2.24) is 5.32 Å². The fourth-order valence-electron chi connectivity index (χ4n) is 0.796. The van der Waals surface area contributed by atoms with Gasteiger partial charge in [0.2, 0.25) is 5.91 Å². The second kappa shape index (κ2) is 2.97. The third-order valence-electron chi connectivity index (χ3n) is 1.28. The van der Waals surface area contributed by atoms with E-state index in [1.54, 1.807) is 0 Å². The van der Waals surface area contributed by atoms with E-state index in [0.717, 1.165) is 6.16 Å². The molecule has 0 aromatic heterocycles. The van der Waals surface area contributed by atoms with Crippen LogP contribution in [0.25, 0.3) is 0 Å². The summed E-state index contributed by atoms with van der Waals surface area (Å²) in [5.41, 5.74) is -0.784. The average Bonchev–Trinajstić information content (AvgIpc) is 1.88. The van der Waals surface area contributed by atoms with Crippen LogP contribution in [-0.2, 0) is 9.59 Å². The number of carboxylic acids is 1. The molecule has 0 aromatic carbocycles.